The van der Waals surface area contributed by atoms with Gasteiger partial charge < -0.3 is 14.5 Å². The van der Waals surface area contributed by atoms with Gasteiger partial charge in [-0.1, -0.05) is 18.2 Å². The van der Waals surface area contributed by atoms with Gasteiger partial charge >= 0.3 is 0 Å². The van der Waals surface area contributed by atoms with Gasteiger partial charge in [0.25, 0.3) is 5.91 Å². The molecular formula is C19H22N2O5S. The van der Waals surface area contributed by atoms with Gasteiger partial charge in [0, 0.05) is 25.6 Å². The van der Waals surface area contributed by atoms with Crippen LogP contribution in [0, 0.1) is 6.92 Å². The fourth-order valence-corrected chi connectivity index (χ4v) is 5.24. The molecule has 1 saturated heterocycles. The summed E-state index contributed by atoms with van der Waals surface area (Å²) in [7, 11) is -3.61. The van der Waals surface area contributed by atoms with Crippen LogP contribution in [0.3, 0.4) is 0 Å². The van der Waals surface area contributed by atoms with Crippen LogP contribution < -0.4 is 10.1 Å². The van der Waals surface area contributed by atoms with Crippen LogP contribution in [0.25, 0.3) is 0 Å². The number of para-hydroxylation sites is 1. The molecule has 8 heteroatoms. The van der Waals surface area contributed by atoms with Gasteiger partial charge in [-0.25, -0.2) is 8.42 Å². The van der Waals surface area contributed by atoms with Gasteiger partial charge in [0.2, 0.25) is 10.0 Å². The molecule has 0 radical (unpaired) electrons. The first-order chi connectivity index (χ1) is 12.9. The zero-order chi connectivity index (χ0) is 19.0. The van der Waals surface area contributed by atoms with E-state index in [-0.39, 0.29) is 22.5 Å². The summed E-state index contributed by atoms with van der Waals surface area (Å²) < 4.78 is 38.1. The third-order valence-electron chi connectivity index (χ3n) is 4.98. The number of nitrogens with one attached hydrogen (secondary N) is 1. The Morgan fingerprint density at radius 3 is 2.74 bits per heavy atom. The second kappa shape index (κ2) is 7.01. The van der Waals surface area contributed by atoms with Crippen molar-refractivity contribution in [2.24, 2.45) is 0 Å². The molecule has 4 rings (SSSR count). The lowest BCUT2D eigenvalue weighted by atomic mass is 10.1. The molecule has 2 aromatic rings. The van der Waals surface area contributed by atoms with Crippen LogP contribution >= 0.6 is 0 Å². The molecule has 0 spiro atoms. The van der Waals surface area contributed by atoms with E-state index in [9.17, 15) is 13.2 Å². The van der Waals surface area contributed by atoms with Crippen LogP contribution in [0.5, 0.6) is 5.75 Å². The van der Waals surface area contributed by atoms with Crippen LogP contribution in [0.1, 0.15) is 34.7 Å². The van der Waals surface area contributed by atoms with Crippen molar-refractivity contribution >= 4 is 15.9 Å². The predicted octanol–water partition coefficient (Wildman–Crippen LogP) is 2.11. The zero-order valence-electron chi connectivity index (χ0n) is 15.1. The number of carbonyl (C=O) groups is 1. The largest absolute Gasteiger partial charge is 0.488 e. The van der Waals surface area contributed by atoms with Crippen LogP contribution in [0.4, 0.5) is 0 Å². The highest BCUT2D eigenvalue weighted by molar-refractivity contribution is 7.89. The number of aryl methyl sites for hydroxylation is 1. The van der Waals surface area contributed by atoms with E-state index in [0.717, 1.165) is 30.6 Å². The number of furan rings is 1. The zero-order valence-corrected chi connectivity index (χ0v) is 15.9. The summed E-state index contributed by atoms with van der Waals surface area (Å²) in [6, 6.07) is 9.10. The molecule has 2 aliphatic heterocycles. The predicted molar refractivity (Wildman–Crippen MR) is 98.3 cm³/mol. The number of hydrogen-bond donors (Lipinski definition) is 1. The molecule has 1 fully saturated rings. The average Bonchev–Trinajstić information content (AvgIpc) is 3.38. The summed E-state index contributed by atoms with van der Waals surface area (Å²) >= 11 is 0. The maximum absolute atomic E-state index is 12.7. The van der Waals surface area contributed by atoms with E-state index in [1.807, 2.05) is 24.3 Å². The molecule has 0 unspecified atom stereocenters. The summed E-state index contributed by atoms with van der Waals surface area (Å²) in [4.78, 5) is 12.5. The van der Waals surface area contributed by atoms with E-state index >= 15 is 0 Å². The van der Waals surface area contributed by atoms with Gasteiger partial charge in [-0.3, -0.25) is 4.79 Å². The smallest absolute Gasteiger partial charge is 0.287 e. The molecule has 1 atom stereocenters. The minimum Gasteiger partial charge on any atom is -0.488 e. The van der Waals surface area contributed by atoms with Gasteiger partial charge in [-0.15, -0.1) is 0 Å². The van der Waals surface area contributed by atoms with Crippen molar-refractivity contribution in [3.05, 3.63) is 47.4 Å². The number of fused-ring (bicyclic) bond motifs is 1. The number of carbonyl (C=O) groups excluding carboxylic acids is 1. The second-order valence-corrected chi connectivity index (χ2v) is 8.81. The summed E-state index contributed by atoms with van der Waals surface area (Å²) in [5, 5.41) is 2.77. The Bertz CT molecular complexity index is 935. The van der Waals surface area contributed by atoms with Gasteiger partial charge in [0.1, 0.15) is 22.5 Å². The summed E-state index contributed by atoms with van der Waals surface area (Å²) in [5.41, 5.74) is 1.12. The maximum atomic E-state index is 12.7. The molecule has 7 nitrogen and oxygen atoms in total. The van der Waals surface area contributed by atoms with Crippen LogP contribution in [-0.2, 0) is 16.4 Å². The van der Waals surface area contributed by atoms with Crippen LogP contribution in [-0.4, -0.2) is 44.4 Å². The quantitative estimate of drug-likeness (QED) is 0.845. The first kappa shape index (κ1) is 18.1. The minimum absolute atomic E-state index is 0.000725. The molecule has 144 valence electrons. The molecule has 2 aliphatic rings. The lowest BCUT2D eigenvalue weighted by molar-refractivity contribution is 0.0904. The SMILES string of the molecule is Cc1oc(C(=O)NC[C@H]2Cc3ccccc3O2)cc1S(=O)(=O)N1CCCC1. The Kier molecular flexibility index (Phi) is 4.69. The fourth-order valence-electron chi connectivity index (χ4n) is 3.56. The van der Waals surface area contributed by atoms with Gasteiger partial charge in [0.05, 0.1) is 6.54 Å². The highest BCUT2D eigenvalue weighted by atomic mass is 32.2. The Morgan fingerprint density at radius 2 is 2.00 bits per heavy atom. The molecular weight excluding hydrogens is 368 g/mol. The molecule has 1 aromatic heterocycles. The van der Waals surface area contributed by atoms with E-state index in [1.165, 1.54) is 10.4 Å². The van der Waals surface area contributed by atoms with Gasteiger partial charge in [-0.2, -0.15) is 4.31 Å². The molecule has 0 saturated carbocycles. The maximum Gasteiger partial charge on any atom is 0.287 e. The highest BCUT2D eigenvalue weighted by Gasteiger charge is 2.32. The number of amides is 1. The first-order valence-corrected chi connectivity index (χ1v) is 10.5. The second-order valence-electron chi connectivity index (χ2n) is 6.90. The lowest BCUT2D eigenvalue weighted by Gasteiger charge is -2.14. The number of rotatable bonds is 5. The Labute approximate surface area is 158 Å². The topological polar surface area (TPSA) is 88.8 Å². The molecule has 1 aromatic carbocycles. The Balaban J connectivity index is 1.41. The van der Waals surface area contributed by atoms with E-state index in [1.54, 1.807) is 6.92 Å². The van der Waals surface area contributed by atoms with Crippen molar-refractivity contribution in [2.75, 3.05) is 19.6 Å². The molecule has 27 heavy (non-hydrogen) atoms. The fraction of sp³-hybridized carbons (Fsp3) is 0.421. The summed E-state index contributed by atoms with van der Waals surface area (Å²) in [6.07, 6.45) is 2.29. The van der Waals surface area contributed by atoms with E-state index < -0.39 is 15.9 Å². The Morgan fingerprint density at radius 1 is 1.26 bits per heavy atom. The number of nitrogens with zero attached hydrogens (tertiary/aromatic N) is 1. The van der Waals surface area contributed by atoms with Gasteiger partial charge in [0.15, 0.2) is 5.76 Å². The van der Waals surface area contributed by atoms with Gasteiger partial charge in [-0.05, 0) is 31.4 Å². The summed E-state index contributed by atoms with van der Waals surface area (Å²) in [5.74, 6) is 0.627. The third kappa shape index (κ3) is 3.46. The molecule has 0 bridgehead atoms. The normalized spacial score (nSPS) is 19.7. The van der Waals surface area contributed by atoms with Crippen molar-refractivity contribution in [1.82, 2.24) is 9.62 Å². The van der Waals surface area contributed by atoms with E-state index in [0.29, 0.717) is 19.6 Å². The Hall–Kier alpha value is -2.32. The lowest BCUT2D eigenvalue weighted by Crippen LogP contribution is -2.34. The van der Waals surface area contributed by atoms with Crippen molar-refractivity contribution in [1.29, 1.82) is 0 Å². The monoisotopic (exact) mass is 390 g/mol. The highest BCUT2D eigenvalue weighted by Crippen LogP contribution is 2.28. The minimum atomic E-state index is -3.61. The molecule has 1 amide bonds. The van der Waals surface area contributed by atoms with Crippen LogP contribution in [0.15, 0.2) is 39.6 Å². The number of ether oxygens (including phenoxy) is 1. The summed E-state index contributed by atoms with van der Waals surface area (Å²) in [6.45, 7) is 2.90. The van der Waals surface area contributed by atoms with E-state index in [2.05, 4.69) is 5.32 Å². The van der Waals surface area contributed by atoms with Crippen LogP contribution in [0.2, 0.25) is 0 Å². The average molecular weight is 390 g/mol. The third-order valence-corrected chi connectivity index (χ3v) is 6.99. The number of hydrogen-bond acceptors (Lipinski definition) is 5. The molecule has 3 heterocycles. The van der Waals surface area contributed by atoms with E-state index in [4.69, 9.17) is 9.15 Å². The first-order valence-electron chi connectivity index (χ1n) is 9.08. The molecule has 0 aliphatic carbocycles. The van der Waals surface area contributed by atoms with Crippen molar-refractivity contribution in [3.63, 3.8) is 0 Å². The van der Waals surface area contributed by atoms with Crippen molar-refractivity contribution in [3.8, 4) is 5.75 Å². The van der Waals surface area contributed by atoms with Crippen molar-refractivity contribution < 1.29 is 22.4 Å². The molecule has 1 N–H and O–H groups in total. The number of benzene rings is 1. The number of sulfonamides is 1. The van der Waals surface area contributed by atoms with Crippen molar-refractivity contribution in [2.45, 2.75) is 37.2 Å². The standard InChI is InChI=1S/C19H22N2O5S/c1-13-18(27(23,24)21-8-4-5-9-21)11-17(25-13)19(22)20-12-15-10-14-6-2-3-7-16(14)26-15/h2-3,6-7,11,15H,4-5,8-10,12H2,1H3,(H,20,22)/t15-/m1/s1.